The van der Waals surface area contributed by atoms with Gasteiger partial charge in [0.05, 0.1) is 25.7 Å². The average molecular weight is 408 g/mol. The Balaban J connectivity index is 1.89. The summed E-state index contributed by atoms with van der Waals surface area (Å²) in [5.41, 5.74) is 1.10. The predicted octanol–water partition coefficient (Wildman–Crippen LogP) is 4.73. The van der Waals surface area contributed by atoms with Crippen molar-refractivity contribution in [3.8, 4) is 11.5 Å². The maximum atomic E-state index is 13.2. The fraction of sp³-hybridized carbons (Fsp3) is 0.158. The van der Waals surface area contributed by atoms with E-state index in [1.54, 1.807) is 24.3 Å². The van der Waals surface area contributed by atoms with Crippen LogP contribution < -0.4 is 9.47 Å². The van der Waals surface area contributed by atoms with Crippen molar-refractivity contribution in [3.63, 3.8) is 0 Å². The Hall–Kier alpha value is -2.51. The second-order valence-electron chi connectivity index (χ2n) is 5.61. The highest BCUT2D eigenvalue weighted by atomic mass is 35.5. The molecule has 1 saturated heterocycles. The molecular weight excluding hydrogens is 393 g/mol. The molecule has 2 aromatic rings. The number of ether oxygens (including phenoxy) is 2. The van der Waals surface area contributed by atoms with Crippen LogP contribution in [0, 0.1) is 5.82 Å². The van der Waals surface area contributed by atoms with E-state index < -0.39 is 17.0 Å². The summed E-state index contributed by atoms with van der Waals surface area (Å²) < 4.78 is 23.7. The van der Waals surface area contributed by atoms with Gasteiger partial charge in [0.15, 0.2) is 0 Å². The molecule has 1 heterocycles. The highest BCUT2D eigenvalue weighted by Gasteiger charge is 2.35. The van der Waals surface area contributed by atoms with Crippen LogP contribution >= 0.6 is 23.4 Å². The summed E-state index contributed by atoms with van der Waals surface area (Å²) in [4.78, 5) is 26.3. The zero-order valence-corrected chi connectivity index (χ0v) is 16.1. The summed E-state index contributed by atoms with van der Waals surface area (Å²) in [6, 6.07) is 9.00. The summed E-state index contributed by atoms with van der Waals surface area (Å²) in [6.45, 7) is -0.0314. The van der Waals surface area contributed by atoms with Crippen LogP contribution in [0.1, 0.15) is 11.1 Å². The van der Waals surface area contributed by atoms with Crippen LogP contribution in [0.2, 0.25) is 5.02 Å². The molecular formula is C19H15ClFNO4S. The second-order valence-corrected chi connectivity index (χ2v) is 7.01. The van der Waals surface area contributed by atoms with E-state index in [-0.39, 0.29) is 16.5 Å². The van der Waals surface area contributed by atoms with Gasteiger partial charge in [-0.3, -0.25) is 14.5 Å². The standard InChI is InChI=1S/C19H15ClFNO4S/c1-25-14-5-6-16(26-2)12(7-14)8-17-18(23)22(19(24)27-17)10-11-3-4-13(21)9-15(11)20/h3-9H,10H2,1-2H3/b17-8-. The Morgan fingerprint density at radius 1 is 1.15 bits per heavy atom. The van der Waals surface area contributed by atoms with Crippen molar-refractivity contribution in [3.05, 3.63) is 63.3 Å². The molecule has 0 radical (unpaired) electrons. The number of carbonyl (C=O) groups excluding carboxylic acids is 2. The molecule has 3 rings (SSSR count). The lowest BCUT2D eigenvalue weighted by Crippen LogP contribution is -2.27. The molecule has 0 aliphatic carbocycles. The van der Waals surface area contributed by atoms with Gasteiger partial charge < -0.3 is 9.47 Å². The molecule has 2 aromatic carbocycles. The Bertz CT molecular complexity index is 947. The smallest absolute Gasteiger partial charge is 0.293 e. The van der Waals surface area contributed by atoms with E-state index in [2.05, 4.69) is 0 Å². The van der Waals surface area contributed by atoms with Crippen molar-refractivity contribution >= 4 is 40.6 Å². The number of hydrogen-bond donors (Lipinski definition) is 0. The van der Waals surface area contributed by atoms with Gasteiger partial charge in [0, 0.05) is 10.6 Å². The van der Waals surface area contributed by atoms with Crippen molar-refractivity contribution in [1.29, 1.82) is 0 Å². The molecule has 1 fully saturated rings. The molecule has 0 unspecified atom stereocenters. The first-order valence-electron chi connectivity index (χ1n) is 7.84. The Kier molecular flexibility index (Phi) is 5.72. The third kappa shape index (κ3) is 4.09. The summed E-state index contributed by atoms with van der Waals surface area (Å²) in [6.07, 6.45) is 1.58. The van der Waals surface area contributed by atoms with E-state index in [1.807, 2.05) is 0 Å². The van der Waals surface area contributed by atoms with Gasteiger partial charge in [0.1, 0.15) is 17.3 Å². The van der Waals surface area contributed by atoms with E-state index in [0.29, 0.717) is 22.6 Å². The molecule has 0 saturated carbocycles. The largest absolute Gasteiger partial charge is 0.497 e. The average Bonchev–Trinajstić information content (AvgIpc) is 2.91. The van der Waals surface area contributed by atoms with Crippen LogP contribution in [-0.2, 0) is 11.3 Å². The van der Waals surface area contributed by atoms with E-state index in [1.165, 1.54) is 26.4 Å². The molecule has 5 nitrogen and oxygen atoms in total. The van der Waals surface area contributed by atoms with Crippen LogP contribution in [0.4, 0.5) is 9.18 Å². The molecule has 27 heavy (non-hydrogen) atoms. The maximum Gasteiger partial charge on any atom is 0.293 e. The number of halogens is 2. The molecule has 0 atom stereocenters. The lowest BCUT2D eigenvalue weighted by Gasteiger charge is -2.13. The first-order valence-corrected chi connectivity index (χ1v) is 9.03. The molecule has 140 valence electrons. The third-order valence-electron chi connectivity index (χ3n) is 3.94. The van der Waals surface area contributed by atoms with Gasteiger partial charge in [-0.25, -0.2) is 4.39 Å². The van der Waals surface area contributed by atoms with Crippen LogP contribution in [-0.4, -0.2) is 30.3 Å². The molecule has 0 spiro atoms. The Morgan fingerprint density at radius 3 is 2.59 bits per heavy atom. The number of hydrogen-bond acceptors (Lipinski definition) is 5. The van der Waals surface area contributed by atoms with Crippen molar-refractivity contribution < 1.29 is 23.5 Å². The summed E-state index contributed by atoms with van der Waals surface area (Å²) in [5.74, 6) is 0.210. The minimum Gasteiger partial charge on any atom is -0.497 e. The lowest BCUT2D eigenvalue weighted by atomic mass is 10.1. The first kappa shape index (κ1) is 19.3. The molecule has 0 N–H and O–H groups in total. The highest BCUT2D eigenvalue weighted by Crippen LogP contribution is 2.36. The van der Waals surface area contributed by atoms with Gasteiger partial charge in [-0.2, -0.15) is 0 Å². The van der Waals surface area contributed by atoms with E-state index in [0.717, 1.165) is 22.7 Å². The van der Waals surface area contributed by atoms with Crippen molar-refractivity contribution in [2.75, 3.05) is 14.2 Å². The van der Waals surface area contributed by atoms with Gasteiger partial charge in [0.2, 0.25) is 0 Å². The normalized spacial score (nSPS) is 15.6. The topological polar surface area (TPSA) is 55.8 Å². The zero-order chi connectivity index (χ0) is 19.6. The fourth-order valence-corrected chi connectivity index (χ4v) is 3.61. The minimum absolute atomic E-state index is 0.0314. The second kappa shape index (κ2) is 8.02. The Labute approximate surface area is 164 Å². The van der Waals surface area contributed by atoms with Crippen LogP contribution in [0.5, 0.6) is 11.5 Å². The number of nitrogens with zero attached hydrogens (tertiary/aromatic N) is 1. The van der Waals surface area contributed by atoms with E-state index in [9.17, 15) is 14.0 Å². The molecule has 0 bridgehead atoms. The maximum absolute atomic E-state index is 13.2. The number of imide groups is 1. The number of benzene rings is 2. The quantitative estimate of drug-likeness (QED) is 0.670. The molecule has 8 heteroatoms. The molecule has 1 aliphatic heterocycles. The van der Waals surface area contributed by atoms with Gasteiger partial charge in [-0.05, 0) is 53.7 Å². The lowest BCUT2D eigenvalue weighted by molar-refractivity contribution is -0.123. The Morgan fingerprint density at radius 2 is 1.93 bits per heavy atom. The molecule has 0 aromatic heterocycles. The van der Waals surface area contributed by atoms with Crippen molar-refractivity contribution in [1.82, 2.24) is 4.90 Å². The van der Waals surface area contributed by atoms with Gasteiger partial charge in [-0.1, -0.05) is 17.7 Å². The van der Waals surface area contributed by atoms with Gasteiger partial charge >= 0.3 is 0 Å². The highest BCUT2D eigenvalue weighted by molar-refractivity contribution is 8.18. The molecule has 2 amide bonds. The number of methoxy groups -OCH3 is 2. The number of thioether (sulfide) groups is 1. The monoisotopic (exact) mass is 407 g/mol. The van der Waals surface area contributed by atoms with Gasteiger partial charge in [0.25, 0.3) is 11.1 Å². The zero-order valence-electron chi connectivity index (χ0n) is 14.5. The van der Waals surface area contributed by atoms with Crippen molar-refractivity contribution in [2.45, 2.75) is 6.54 Å². The van der Waals surface area contributed by atoms with Crippen LogP contribution in [0.3, 0.4) is 0 Å². The first-order chi connectivity index (χ1) is 12.9. The van der Waals surface area contributed by atoms with Crippen molar-refractivity contribution in [2.24, 2.45) is 0 Å². The van der Waals surface area contributed by atoms with E-state index >= 15 is 0 Å². The molecule has 1 aliphatic rings. The number of rotatable bonds is 5. The number of carbonyl (C=O) groups is 2. The van der Waals surface area contributed by atoms with Crippen LogP contribution in [0.15, 0.2) is 41.3 Å². The summed E-state index contributed by atoms with van der Waals surface area (Å²) >= 11 is 6.82. The SMILES string of the molecule is COc1ccc(OC)c(/C=C2\SC(=O)N(Cc3ccc(F)cc3Cl)C2=O)c1. The van der Waals surface area contributed by atoms with E-state index in [4.69, 9.17) is 21.1 Å². The fourth-order valence-electron chi connectivity index (χ4n) is 2.55. The minimum atomic E-state index is -0.483. The summed E-state index contributed by atoms with van der Waals surface area (Å²) in [7, 11) is 3.05. The van der Waals surface area contributed by atoms with Gasteiger partial charge in [-0.15, -0.1) is 0 Å². The predicted molar refractivity (Wildman–Crippen MR) is 102 cm³/mol. The van der Waals surface area contributed by atoms with Crippen LogP contribution in [0.25, 0.3) is 6.08 Å². The number of amides is 2. The summed E-state index contributed by atoms with van der Waals surface area (Å²) in [5, 5.41) is -0.263. The third-order valence-corrected chi connectivity index (χ3v) is 5.20.